The van der Waals surface area contributed by atoms with Crippen molar-refractivity contribution in [2.24, 2.45) is 17.4 Å². The molecule has 4 unspecified atom stereocenters. The lowest BCUT2D eigenvalue weighted by Crippen LogP contribution is -2.55. The van der Waals surface area contributed by atoms with E-state index in [2.05, 4.69) is 20.5 Å². The van der Waals surface area contributed by atoms with Gasteiger partial charge in [-0.3, -0.25) is 4.79 Å². The van der Waals surface area contributed by atoms with Crippen molar-refractivity contribution < 1.29 is 14.1 Å². The summed E-state index contributed by atoms with van der Waals surface area (Å²) in [6.45, 7) is 10.00. The molecular formula is C21H40ClN6O2+. The highest BCUT2D eigenvalue weighted by atomic mass is 35.5. The Labute approximate surface area is 185 Å². The average molecular weight is 444 g/mol. The molecule has 9 heteroatoms. The summed E-state index contributed by atoms with van der Waals surface area (Å²) >= 11 is 6.32. The predicted octanol–water partition coefficient (Wildman–Crippen LogP) is 0.445. The first-order valence-electron chi connectivity index (χ1n) is 11.2. The number of ether oxygens (including phenoxy) is 1. The number of nitrogens with zero attached hydrogens (tertiary/aromatic N) is 1. The number of hydrogen-bond acceptors (Lipinski definition) is 6. The zero-order chi connectivity index (χ0) is 22.1. The molecule has 1 saturated heterocycles. The second-order valence-corrected chi connectivity index (χ2v) is 8.71. The van der Waals surface area contributed by atoms with E-state index in [1.807, 2.05) is 27.0 Å². The first-order valence-corrected chi connectivity index (χ1v) is 11.7. The number of amides is 1. The highest BCUT2D eigenvalue weighted by molar-refractivity contribution is 6.27. The van der Waals surface area contributed by atoms with Crippen LogP contribution in [0.25, 0.3) is 0 Å². The van der Waals surface area contributed by atoms with E-state index in [9.17, 15) is 4.79 Å². The van der Waals surface area contributed by atoms with E-state index in [0.717, 1.165) is 56.8 Å². The van der Waals surface area contributed by atoms with Crippen LogP contribution in [-0.4, -0.2) is 73.1 Å². The summed E-state index contributed by atoms with van der Waals surface area (Å²) in [5.74, 6) is 0.0843. The van der Waals surface area contributed by atoms with Gasteiger partial charge in [-0.25, -0.2) is 4.58 Å². The minimum atomic E-state index is -0.790. The van der Waals surface area contributed by atoms with E-state index < -0.39 is 12.1 Å². The maximum Gasteiger partial charge on any atom is 0.237 e. The molecule has 1 fully saturated rings. The first kappa shape index (κ1) is 25.1. The largest absolute Gasteiger partial charge is 0.492 e. The van der Waals surface area contributed by atoms with Crippen molar-refractivity contribution in [1.29, 1.82) is 0 Å². The number of nitrogens with one attached hydrogen (secondary N) is 3. The van der Waals surface area contributed by atoms with Crippen LogP contribution in [0.1, 0.15) is 46.5 Å². The Hall–Kier alpha value is -1.19. The van der Waals surface area contributed by atoms with Gasteiger partial charge in [-0.2, -0.15) is 0 Å². The highest BCUT2D eigenvalue weighted by Crippen LogP contribution is 2.19. The van der Waals surface area contributed by atoms with Gasteiger partial charge in [0.2, 0.25) is 5.91 Å². The molecular weight excluding hydrogens is 404 g/mol. The lowest BCUT2D eigenvalue weighted by atomic mass is 9.96. The van der Waals surface area contributed by atoms with Crippen LogP contribution in [0.4, 0.5) is 0 Å². The monoisotopic (exact) mass is 443 g/mol. The molecule has 0 aliphatic carbocycles. The molecule has 7 N–H and O–H groups in total. The molecule has 0 saturated carbocycles. The van der Waals surface area contributed by atoms with Crippen molar-refractivity contribution in [3.63, 3.8) is 0 Å². The van der Waals surface area contributed by atoms with E-state index in [1.165, 1.54) is 0 Å². The number of carbonyl (C=O) groups excluding carboxylic acids is 1. The molecule has 0 radical (unpaired) electrons. The Morgan fingerprint density at radius 2 is 2.13 bits per heavy atom. The minimum Gasteiger partial charge on any atom is -0.492 e. The smallest absolute Gasteiger partial charge is 0.237 e. The van der Waals surface area contributed by atoms with Crippen molar-refractivity contribution in [1.82, 2.24) is 16.0 Å². The second kappa shape index (κ2) is 12.6. The molecule has 0 aromatic heterocycles. The van der Waals surface area contributed by atoms with Crippen LogP contribution >= 0.6 is 11.6 Å². The fraction of sp³-hybridized carbons (Fsp3) is 0.810. The molecule has 172 valence electrons. The molecule has 2 aliphatic rings. The normalized spacial score (nSPS) is 23.8. The van der Waals surface area contributed by atoms with Gasteiger partial charge in [-0.15, -0.1) is 11.6 Å². The molecule has 2 rings (SSSR count). The summed E-state index contributed by atoms with van der Waals surface area (Å²) in [7, 11) is 0. The molecule has 30 heavy (non-hydrogen) atoms. The fourth-order valence-electron chi connectivity index (χ4n) is 4.03. The minimum absolute atomic E-state index is 0.0977. The van der Waals surface area contributed by atoms with Crippen LogP contribution in [0.2, 0.25) is 0 Å². The summed E-state index contributed by atoms with van der Waals surface area (Å²) in [5, 5.41) is 9.64. The fourth-order valence-corrected chi connectivity index (χ4v) is 4.17. The molecule has 0 aromatic rings. The van der Waals surface area contributed by atoms with E-state index >= 15 is 0 Å². The van der Waals surface area contributed by atoms with Gasteiger partial charge in [0.15, 0.2) is 12.3 Å². The number of nitrogens with two attached hydrogens (primary N) is 2. The molecule has 0 bridgehead atoms. The summed E-state index contributed by atoms with van der Waals surface area (Å²) in [6, 6.07) is -0.188. The van der Waals surface area contributed by atoms with Gasteiger partial charge in [0, 0.05) is 26.1 Å². The van der Waals surface area contributed by atoms with Gasteiger partial charge in [0.25, 0.3) is 0 Å². The van der Waals surface area contributed by atoms with Crippen molar-refractivity contribution >= 4 is 23.7 Å². The summed E-state index contributed by atoms with van der Waals surface area (Å²) < 4.78 is 8.30. The molecule has 2 aliphatic heterocycles. The maximum atomic E-state index is 13.2. The van der Waals surface area contributed by atoms with E-state index in [4.69, 9.17) is 27.8 Å². The van der Waals surface area contributed by atoms with Crippen LogP contribution < -0.4 is 27.4 Å². The zero-order valence-electron chi connectivity index (χ0n) is 18.6. The number of hydrogen-bond donors (Lipinski definition) is 5. The number of halogens is 1. The molecule has 1 amide bonds. The van der Waals surface area contributed by atoms with Crippen LogP contribution in [0.15, 0.2) is 11.5 Å². The Kier molecular flexibility index (Phi) is 10.5. The average Bonchev–Trinajstić information content (AvgIpc) is 2.73. The number of piperidine rings is 1. The van der Waals surface area contributed by atoms with E-state index in [-0.39, 0.29) is 23.4 Å². The highest BCUT2D eigenvalue weighted by Gasteiger charge is 2.37. The Balaban J connectivity index is 2.15. The first-order chi connectivity index (χ1) is 14.4. The summed E-state index contributed by atoms with van der Waals surface area (Å²) in [4.78, 5) is 13.2. The van der Waals surface area contributed by atoms with Crippen LogP contribution in [0.5, 0.6) is 0 Å². The van der Waals surface area contributed by atoms with Gasteiger partial charge in [-0.05, 0) is 39.7 Å². The third-order valence-electron chi connectivity index (χ3n) is 5.87. The molecule has 0 spiro atoms. The summed E-state index contributed by atoms with van der Waals surface area (Å²) in [5.41, 5.74) is 12.9. The topological polar surface area (TPSA) is 117 Å². The Morgan fingerprint density at radius 1 is 1.37 bits per heavy atom. The van der Waals surface area contributed by atoms with Crippen molar-refractivity contribution in [3.05, 3.63) is 11.5 Å². The van der Waals surface area contributed by atoms with Gasteiger partial charge in [0.05, 0.1) is 11.9 Å². The van der Waals surface area contributed by atoms with Crippen molar-refractivity contribution in [3.8, 4) is 0 Å². The standard InChI is InChI=1S/C21H39ClN6O2/c1-4-15(22)13-28(5-2)14(3)19(20(23)24)21(29)27-17-12-26-10-8-18(17)30-16-7-6-9-25-11-16/h13-16,19-20,25-26H,4-12,23-24H2,1-3H3/p+1. The van der Waals surface area contributed by atoms with Gasteiger partial charge >= 0.3 is 0 Å². The Morgan fingerprint density at radius 3 is 2.73 bits per heavy atom. The van der Waals surface area contributed by atoms with E-state index in [1.54, 1.807) is 0 Å². The molecule has 2 heterocycles. The van der Waals surface area contributed by atoms with Crippen LogP contribution in [-0.2, 0) is 9.53 Å². The van der Waals surface area contributed by atoms with Crippen LogP contribution in [0, 0.1) is 5.92 Å². The summed E-state index contributed by atoms with van der Waals surface area (Å²) in [6.07, 6.45) is 5.00. The third kappa shape index (κ3) is 7.20. The predicted molar refractivity (Wildman–Crippen MR) is 122 cm³/mol. The Bertz CT molecular complexity index is 619. The quantitative estimate of drug-likeness (QED) is 0.145. The van der Waals surface area contributed by atoms with Gasteiger partial charge in [0.1, 0.15) is 29.7 Å². The lowest BCUT2D eigenvalue weighted by Gasteiger charge is -2.30. The van der Waals surface area contributed by atoms with Crippen molar-refractivity contribution in [2.75, 3.05) is 32.7 Å². The third-order valence-corrected chi connectivity index (χ3v) is 6.29. The van der Waals surface area contributed by atoms with Gasteiger partial charge in [-0.1, -0.05) is 6.92 Å². The maximum absolute atomic E-state index is 13.2. The van der Waals surface area contributed by atoms with Crippen LogP contribution in [0.3, 0.4) is 0 Å². The SMILES string of the molecule is CCC(Cl)C=[N+](CC)C(C)C(C(=O)NC1=C(OC2CCCNC2)CCNC1)C(N)N. The number of rotatable bonds is 10. The second-order valence-electron chi connectivity index (χ2n) is 8.15. The lowest BCUT2D eigenvalue weighted by molar-refractivity contribution is -0.562. The number of carbonyl (C=O) groups is 1. The molecule has 0 aromatic carbocycles. The number of alkyl halides is 1. The van der Waals surface area contributed by atoms with Gasteiger partial charge < -0.3 is 32.2 Å². The molecule has 4 atom stereocenters. The van der Waals surface area contributed by atoms with E-state index in [0.29, 0.717) is 13.1 Å². The molecule has 8 nitrogen and oxygen atoms in total. The van der Waals surface area contributed by atoms with Crippen molar-refractivity contribution in [2.45, 2.75) is 70.1 Å². The zero-order valence-corrected chi connectivity index (χ0v) is 19.4.